The maximum Gasteiger partial charge on any atom is 0.271 e. The standard InChI is InChI=1S/C13H7BrClNO4/c14-10-5-8(7-17)1-3-12(10)20-13-4-2-9(16(18)19)6-11(13)15/h1-7H. The van der Waals surface area contributed by atoms with Crippen LogP contribution in [-0.4, -0.2) is 11.2 Å². The molecule has 0 saturated carbocycles. The predicted molar refractivity (Wildman–Crippen MR) is 77.7 cm³/mol. The van der Waals surface area contributed by atoms with Gasteiger partial charge in [-0.15, -0.1) is 0 Å². The fourth-order valence-electron chi connectivity index (χ4n) is 1.48. The van der Waals surface area contributed by atoms with Gasteiger partial charge in [0.15, 0.2) is 0 Å². The Morgan fingerprint density at radius 2 is 1.90 bits per heavy atom. The minimum absolute atomic E-state index is 0.113. The number of nitro groups is 1. The highest BCUT2D eigenvalue weighted by Gasteiger charge is 2.12. The SMILES string of the molecule is O=Cc1ccc(Oc2ccc([N+](=O)[O-])cc2Cl)c(Br)c1. The molecular weight excluding hydrogens is 350 g/mol. The summed E-state index contributed by atoms with van der Waals surface area (Å²) in [5, 5.41) is 10.7. The van der Waals surface area contributed by atoms with Crippen LogP contribution in [0.5, 0.6) is 11.5 Å². The van der Waals surface area contributed by atoms with Crippen LogP contribution in [0.15, 0.2) is 40.9 Å². The molecule has 5 nitrogen and oxygen atoms in total. The molecule has 0 heterocycles. The number of aldehydes is 1. The number of carbonyl (C=O) groups is 1. The van der Waals surface area contributed by atoms with Crippen LogP contribution in [0.25, 0.3) is 0 Å². The number of nitrogens with zero attached hydrogens (tertiary/aromatic N) is 1. The van der Waals surface area contributed by atoms with Crippen molar-refractivity contribution in [3.8, 4) is 11.5 Å². The molecule has 0 aliphatic carbocycles. The van der Waals surface area contributed by atoms with E-state index in [4.69, 9.17) is 16.3 Å². The van der Waals surface area contributed by atoms with Crippen molar-refractivity contribution in [3.63, 3.8) is 0 Å². The van der Waals surface area contributed by atoms with Gasteiger partial charge in [-0.05, 0) is 40.2 Å². The van der Waals surface area contributed by atoms with E-state index in [2.05, 4.69) is 15.9 Å². The van der Waals surface area contributed by atoms with Crippen molar-refractivity contribution in [1.82, 2.24) is 0 Å². The van der Waals surface area contributed by atoms with Crippen molar-refractivity contribution in [2.45, 2.75) is 0 Å². The monoisotopic (exact) mass is 355 g/mol. The first-order chi connectivity index (χ1) is 9.51. The van der Waals surface area contributed by atoms with E-state index in [1.165, 1.54) is 18.2 Å². The minimum atomic E-state index is -0.537. The highest BCUT2D eigenvalue weighted by Crippen LogP contribution is 2.35. The summed E-state index contributed by atoms with van der Waals surface area (Å²) in [6.07, 6.45) is 0.716. The summed E-state index contributed by atoms with van der Waals surface area (Å²) in [6.45, 7) is 0. The van der Waals surface area contributed by atoms with Crippen molar-refractivity contribution in [3.05, 3.63) is 61.6 Å². The molecule has 102 valence electrons. The second-order valence-corrected chi connectivity index (χ2v) is 5.04. The Morgan fingerprint density at radius 1 is 1.20 bits per heavy atom. The second kappa shape index (κ2) is 6.02. The van der Waals surface area contributed by atoms with Crippen molar-refractivity contribution in [2.24, 2.45) is 0 Å². The third-order valence-electron chi connectivity index (χ3n) is 2.44. The van der Waals surface area contributed by atoms with Crippen LogP contribution >= 0.6 is 27.5 Å². The Morgan fingerprint density at radius 3 is 2.45 bits per heavy atom. The first-order valence-electron chi connectivity index (χ1n) is 5.38. The zero-order valence-corrected chi connectivity index (χ0v) is 12.2. The van der Waals surface area contributed by atoms with Gasteiger partial charge in [-0.2, -0.15) is 0 Å². The van der Waals surface area contributed by atoms with Crippen LogP contribution in [0.4, 0.5) is 5.69 Å². The highest BCUT2D eigenvalue weighted by molar-refractivity contribution is 9.10. The van der Waals surface area contributed by atoms with Crippen LogP contribution in [0.2, 0.25) is 5.02 Å². The number of rotatable bonds is 4. The van der Waals surface area contributed by atoms with E-state index in [9.17, 15) is 14.9 Å². The van der Waals surface area contributed by atoms with E-state index in [1.54, 1.807) is 18.2 Å². The summed E-state index contributed by atoms with van der Waals surface area (Å²) in [6, 6.07) is 8.72. The van der Waals surface area contributed by atoms with Crippen LogP contribution in [0, 0.1) is 10.1 Å². The van der Waals surface area contributed by atoms with Crippen LogP contribution < -0.4 is 4.74 Å². The van der Waals surface area contributed by atoms with E-state index >= 15 is 0 Å². The molecule has 0 radical (unpaired) electrons. The lowest BCUT2D eigenvalue weighted by atomic mass is 10.2. The topological polar surface area (TPSA) is 69.4 Å². The molecule has 20 heavy (non-hydrogen) atoms. The molecule has 0 saturated heterocycles. The predicted octanol–water partition coefficient (Wildman–Crippen LogP) is 4.62. The average Bonchev–Trinajstić information content (AvgIpc) is 2.42. The van der Waals surface area contributed by atoms with Crippen LogP contribution in [-0.2, 0) is 0 Å². The largest absolute Gasteiger partial charge is 0.455 e. The van der Waals surface area contributed by atoms with E-state index < -0.39 is 4.92 Å². The summed E-state index contributed by atoms with van der Waals surface area (Å²) < 4.78 is 6.14. The molecule has 0 fully saturated rings. The van der Waals surface area contributed by atoms with Crippen molar-refractivity contribution in [2.75, 3.05) is 0 Å². The Kier molecular flexibility index (Phi) is 4.36. The summed E-state index contributed by atoms with van der Waals surface area (Å²) in [7, 11) is 0. The normalized spacial score (nSPS) is 10.1. The number of ether oxygens (including phenoxy) is 1. The van der Waals surface area contributed by atoms with Gasteiger partial charge in [0.1, 0.15) is 17.8 Å². The second-order valence-electron chi connectivity index (χ2n) is 3.78. The first kappa shape index (κ1) is 14.5. The van der Waals surface area contributed by atoms with Crippen molar-refractivity contribution >= 4 is 39.5 Å². The molecule has 0 N–H and O–H groups in total. The molecule has 0 aliphatic rings. The molecule has 2 aromatic carbocycles. The molecule has 0 amide bonds. The van der Waals surface area contributed by atoms with Gasteiger partial charge in [0, 0.05) is 17.7 Å². The Bertz CT molecular complexity index is 690. The highest BCUT2D eigenvalue weighted by atomic mass is 79.9. The summed E-state index contributed by atoms with van der Waals surface area (Å²) in [4.78, 5) is 20.7. The summed E-state index contributed by atoms with van der Waals surface area (Å²) >= 11 is 9.21. The van der Waals surface area contributed by atoms with Gasteiger partial charge in [0.05, 0.1) is 14.4 Å². The van der Waals surface area contributed by atoms with Crippen LogP contribution in [0.3, 0.4) is 0 Å². The molecule has 2 aromatic rings. The molecular formula is C13H7BrClNO4. The molecule has 0 aliphatic heterocycles. The molecule has 0 unspecified atom stereocenters. The number of hydrogen-bond acceptors (Lipinski definition) is 4. The first-order valence-corrected chi connectivity index (χ1v) is 6.55. The van der Waals surface area contributed by atoms with Gasteiger partial charge in [-0.3, -0.25) is 14.9 Å². The van der Waals surface area contributed by atoms with Crippen molar-refractivity contribution < 1.29 is 14.5 Å². The zero-order chi connectivity index (χ0) is 14.7. The lowest BCUT2D eigenvalue weighted by molar-refractivity contribution is -0.384. The third-order valence-corrected chi connectivity index (χ3v) is 3.35. The molecule has 0 aromatic heterocycles. The smallest absolute Gasteiger partial charge is 0.271 e. The molecule has 0 atom stereocenters. The lowest BCUT2D eigenvalue weighted by Crippen LogP contribution is -1.91. The van der Waals surface area contributed by atoms with Gasteiger partial charge >= 0.3 is 0 Å². The van der Waals surface area contributed by atoms with E-state index in [1.807, 2.05) is 0 Å². The maximum atomic E-state index is 10.6. The zero-order valence-electron chi connectivity index (χ0n) is 9.88. The van der Waals surface area contributed by atoms with Gasteiger partial charge in [-0.25, -0.2) is 0 Å². The number of carbonyl (C=O) groups excluding carboxylic acids is 1. The van der Waals surface area contributed by atoms with Gasteiger partial charge < -0.3 is 4.74 Å². The molecule has 2 rings (SSSR count). The van der Waals surface area contributed by atoms with E-state index in [-0.39, 0.29) is 16.5 Å². The fraction of sp³-hybridized carbons (Fsp3) is 0. The number of non-ortho nitro benzene ring substituents is 1. The number of nitro benzene ring substituents is 1. The number of benzene rings is 2. The van der Waals surface area contributed by atoms with Crippen LogP contribution in [0.1, 0.15) is 10.4 Å². The molecule has 0 spiro atoms. The fourth-order valence-corrected chi connectivity index (χ4v) is 2.17. The molecule has 0 bridgehead atoms. The quantitative estimate of drug-likeness (QED) is 0.455. The lowest BCUT2D eigenvalue weighted by Gasteiger charge is -2.09. The minimum Gasteiger partial charge on any atom is -0.455 e. The third kappa shape index (κ3) is 3.15. The average molecular weight is 357 g/mol. The maximum absolute atomic E-state index is 10.6. The Labute approximate surface area is 127 Å². The number of halogens is 2. The van der Waals surface area contributed by atoms with E-state index in [0.29, 0.717) is 22.1 Å². The number of hydrogen-bond donors (Lipinski definition) is 0. The van der Waals surface area contributed by atoms with Gasteiger partial charge in [0.25, 0.3) is 5.69 Å². The Balaban J connectivity index is 2.30. The molecule has 7 heteroatoms. The Hall–Kier alpha value is -1.92. The van der Waals surface area contributed by atoms with E-state index in [0.717, 1.165) is 0 Å². The summed E-state index contributed by atoms with van der Waals surface area (Å²) in [5.41, 5.74) is 0.386. The van der Waals surface area contributed by atoms with Gasteiger partial charge in [0.2, 0.25) is 0 Å². The van der Waals surface area contributed by atoms with Crippen molar-refractivity contribution in [1.29, 1.82) is 0 Å². The van der Waals surface area contributed by atoms with Gasteiger partial charge in [-0.1, -0.05) is 11.6 Å². The summed E-state index contributed by atoms with van der Waals surface area (Å²) in [5.74, 6) is 0.739.